The van der Waals surface area contributed by atoms with Gasteiger partial charge in [-0.3, -0.25) is 4.79 Å². The van der Waals surface area contributed by atoms with Crippen LogP contribution in [0.25, 0.3) is 11.1 Å². The Labute approximate surface area is 232 Å². The van der Waals surface area contributed by atoms with E-state index < -0.39 is 17.8 Å². The zero-order valence-corrected chi connectivity index (χ0v) is 21.9. The molecule has 1 aliphatic rings. The topological polar surface area (TPSA) is 55.4 Å². The summed E-state index contributed by atoms with van der Waals surface area (Å²) in [5, 5.41) is 2.44. The molecule has 4 aromatic carbocycles. The second kappa shape index (κ2) is 11.2. The molecule has 4 nitrogen and oxygen atoms in total. The summed E-state index contributed by atoms with van der Waals surface area (Å²) in [6.45, 7) is -0.191. The van der Waals surface area contributed by atoms with Crippen molar-refractivity contribution >= 4 is 35.7 Å². The van der Waals surface area contributed by atoms with Gasteiger partial charge in [0.1, 0.15) is 6.61 Å². The minimum absolute atomic E-state index is 0.0670. The van der Waals surface area contributed by atoms with E-state index in [4.69, 9.17) is 16.3 Å². The Morgan fingerprint density at radius 2 is 1.56 bits per heavy atom. The van der Waals surface area contributed by atoms with Gasteiger partial charge in [-0.2, -0.15) is 13.2 Å². The number of nitrogens with one attached hydrogen (secondary N) is 1. The van der Waals surface area contributed by atoms with Crippen LogP contribution in [0.3, 0.4) is 0 Å². The third kappa shape index (κ3) is 5.67. The van der Waals surface area contributed by atoms with Gasteiger partial charge in [0.25, 0.3) is 0 Å². The first-order valence-corrected chi connectivity index (χ1v) is 13.2. The summed E-state index contributed by atoms with van der Waals surface area (Å²) < 4.78 is 47.4. The van der Waals surface area contributed by atoms with Crippen LogP contribution in [0.1, 0.15) is 38.5 Å². The maximum absolute atomic E-state index is 14.0. The Morgan fingerprint density at radius 3 is 2.21 bits per heavy atom. The second-order valence-electron chi connectivity index (χ2n) is 8.88. The van der Waals surface area contributed by atoms with E-state index in [2.05, 4.69) is 5.32 Å². The van der Waals surface area contributed by atoms with Gasteiger partial charge in [-0.25, -0.2) is 4.79 Å². The van der Waals surface area contributed by atoms with E-state index in [9.17, 15) is 22.8 Å². The number of benzene rings is 4. The van der Waals surface area contributed by atoms with Crippen molar-refractivity contribution in [3.8, 4) is 11.1 Å². The van der Waals surface area contributed by atoms with Gasteiger partial charge in [0.15, 0.2) is 6.29 Å². The van der Waals surface area contributed by atoms with Crippen LogP contribution in [0.5, 0.6) is 0 Å². The van der Waals surface area contributed by atoms with Gasteiger partial charge in [0.05, 0.1) is 5.56 Å². The average molecular weight is 568 g/mol. The molecule has 9 heteroatoms. The molecule has 0 radical (unpaired) electrons. The number of rotatable bonds is 7. The van der Waals surface area contributed by atoms with Crippen LogP contribution in [0.15, 0.2) is 94.7 Å². The minimum Gasteiger partial charge on any atom is -0.449 e. The summed E-state index contributed by atoms with van der Waals surface area (Å²) in [5.41, 5.74) is 3.70. The predicted molar refractivity (Wildman–Crippen MR) is 144 cm³/mol. The van der Waals surface area contributed by atoms with E-state index >= 15 is 0 Å². The zero-order chi connectivity index (χ0) is 27.6. The normalized spacial score (nSPS) is 12.5. The third-order valence-electron chi connectivity index (χ3n) is 6.46. The summed E-state index contributed by atoms with van der Waals surface area (Å²) in [7, 11) is 0. The molecule has 0 saturated heterocycles. The van der Waals surface area contributed by atoms with Gasteiger partial charge in [-0.15, -0.1) is 0 Å². The molecule has 0 fully saturated rings. The van der Waals surface area contributed by atoms with Crippen LogP contribution in [-0.4, -0.2) is 19.0 Å². The molecular weight excluding hydrogens is 547 g/mol. The maximum Gasteiger partial charge on any atom is 0.417 e. The quantitative estimate of drug-likeness (QED) is 0.228. The van der Waals surface area contributed by atoms with E-state index in [0.717, 1.165) is 40.1 Å². The number of aldehydes is 1. The van der Waals surface area contributed by atoms with Gasteiger partial charge in [-0.05, 0) is 46.0 Å². The van der Waals surface area contributed by atoms with Gasteiger partial charge < -0.3 is 10.1 Å². The van der Waals surface area contributed by atoms with Crippen LogP contribution >= 0.6 is 23.4 Å². The monoisotopic (exact) mass is 567 g/mol. The van der Waals surface area contributed by atoms with E-state index in [1.165, 1.54) is 12.1 Å². The molecule has 0 unspecified atom stereocenters. The number of carbonyl (C=O) groups is 2. The number of carbonyl (C=O) groups excluding carboxylic acids is 2. The van der Waals surface area contributed by atoms with Crippen molar-refractivity contribution in [2.45, 2.75) is 28.4 Å². The molecule has 0 spiro atoms. The fourth-order valence-corrected chi connectivity index (χ4v) is 6.10. The van der Waals surface area contributed by atoms with Crippen LogP contribution < -0.4 is 5.32 Å². The lowest BCUT2D eigenvalue weighted by atomic mass is 9.98. The number of alkyl halides is 3. The Bertz CT molecular complexity index is 1510. The standard InChI is InChI=1S/C30H21ClF3NO3S/c31-20-13-19(28(26(14-20)30(32,33)34)39-27-12-6-1-7-18(27)16-36)15-35-29(37)38-17-25-23-10-4-2-8-21(23)22-9-3-5-11-24(22)25/h1-14,16,25H,15,17H2,(H,35,37). The summed E-state index contributed by atoms with van der Waals surface area (Å²) >= 11 is 6.83. The molecule has 0 aromatic heterocycles. The van der Waals surface area contributed by atoms with Gasteiger partial charge >= 0.3 is 12.3 Å². The van der Waals surface area contributed by atoms with E-state index in [1.807, 2.05) is 48.5 Å². The first-order valence-electron chi connectivity index (χ1n) is 12.0. The number of halogens is 4. The number of alkyl carbamates (subject to hydrolysis) is 1. The second-order valence-corrected chi connectivity index (χ2v) is 10.4. The first-order chi connectivity index (χ1) is 18.8. The van der Waals surface area contributed by atoms with E-state index in [0.29, 0.717) is 11.2 Å². The lowest BCUT2D eigenvalue weighted by Gasteiger charge is -2.19. The Balaban J connectivity index is 1.35. The zero-order valence-electron chi connectivity index (χ0n) is 20.3. The largest absolute Gasteiger partial charge is 0.449 e. The molecule has 1 amide bonds. The van der Waals surface area contributed by atoms with Crippen LogP contribution in [-0.2, 0) is 17.5 Å². The van der Waals surface area contributed by atoms with Crippen LogP contribution in [0.4, 0.5) is 18.0 Å². The highest BCUT2D eigenvalue weighted by molar-refractivity contribution is 7.99. The van der Waals surface area contributed by atoms with Crippen molar-refractivity contribution in [1.29, 1.82) is 0 Å². The molecule has 198 valence electrons. The van der Waals surface area contributed by atoms with E-state index in [1.54, 1.807) is 18.2 Å². The fourth-order valence-electron chi connectivity index (χ4n) is 4.71. The molecule has 0 saturated carbocycles. The summed E-state index contributed by atoms with van der Waals surface area (Å²) in [5.74, 6) is -0.155. The molecule has 0 heterocycles. The Kier molecular flexibility index (Phi) is 7.68. The van der Waals surface area contributed by atoms with Crippen molar-refractivity contribution in [1.82, 2.24) is 5.32 Å². The highest BCUT2D eigenvalue weighted by Gasteiger charge is 2.36. The number of hydrogen-bond acceptors (Lipinski definition) is 4. The number of ether oxygens (including phenoxy) is 1. The van der Waals surface area contributed by atoms with Crippen molar-refractivity contribution < 1.29 is 27.5 Å². The highest BCUT2D eigenvalue weighted by atomic mass is 35.5. The van der Waals surface area contributed by atoms with E-state index in [-0.39, 0.29) is 40.1 Å². The van der Waals surface area contributed by atoms with Gasteiger partial charge in [-0.1, -0.05) is 90.1 Å². The molecule has 4 aromatic rings. The number of amides is 1. The molecule has 0 aliphatic heterocycles. The highest BCUT2D eigenvalue weighted by Crippen LogP contribution is 2.45. The average Bonchev–Trinajstić information content (AvgIpc) is 3.25. The molecular formula is C30H21ClF3NO3S. The molecule has 1 N–H and O–H groups in total. The summed E-state index contributed by atoms with van der Waals surface area (Å²) in [6, 6.07) is 24.3. The molecule has 1 aliphatic carbocycles. The lowest BCUT2D eigenvalue weighted by molar-refractivity contribution is -0.139. The Hall–Kier alpha value is -3.75. The third-order valence-corrected chi connectivity index (χ3v) is 7.96. The lowest BCUT2D eigenvalue weighted by Crippen LogP contribution is -2.26. The summed E-state index contributed by atoms with van der Waals surface area (Å²) in [6.07, 6.45) is -4.89. The smallest absolute Gasteiger partial charge is 0.417 e. The van der Waals surface area contributed by atoms with Crippen molar-refractivity contribution in [3.05, 3.63) is 118 Å². The van der Waals surface area contributed by atoms with Crippen molar-refractivity contribution in [2.24, 2.45) is 0 Å². The molecule has 0 atom stereocenters. The van der Waals surface area contributed by atoms with Crippen molar-refractivity contribution in [2.75, 3.05) is 6.61 Å². The molecule has 39 heavy (non-hydrogen) atoms. The Morgan fingerprint density at radius 1 is 0.949 bits per heavy atom. The van der Waals surface area contributed by atoms with Crippen LogP contribution in [0.2, 0.25) is 5.02 Å². The van der Waals surface area contributed by atoms with Gasteiger partial charge in [0.2, 0.25) is 0 Å². The number of fused-ring (bicyclic) bond motifs is 3. The molecule has 0 bridgehead atoms. The van der Waals surface area contributed by atoms with Crippen molar-refractivity contribution in [3.63, 3.8) is 0 Å². The SMILES string of the molecule is O=Cc1ccccc1Sc1c(CNC(=O)OCC2c3ccccc3-c3ccccc32)cc(Cl)cc1C(F)(F)F. The number of hydrogen-bond donors (Lipinski definition) is 1. The summed E-state index contributed by atoms with van der Waals surface area (Å²) in [4.78, 5) is 24.3. The first kappa shape index (κ1) is 26.8. The maximum atomic E-state index is 14.0. The predicted octanol–water partition coefficient (Wildman–Crippen LogP) is 8.36. The van der Waals surface area contributed by atoms with Crippen LogP contribution in [0, 0.1) is 0 Å². The fraction of sp³-hybridized carbons (Fsp3) is 0.133. The molecule has 5 rings (SSSR count). The minimum atomic E-state index is -4.71. The van der Waals surface area contributed by atoms with Gasteiger partial charge in [0, 0.05) is 32.8 Å².